The van der Waals surface area contributed by atoms with Crippen molar-refractivity contribution in [2.24, 2.45) is 0 Å². The van der Waals surface area contributed by atoms with Crippen molar-refractivity contribution in [2.75, 3.05) is 24.0 Å². The first-order chi connectivity index (χ1) is 15.2. The second-order valence-corrected chi connectivity index (χ2v) is 8.74. The van der Waals surface area contributed by atoms with Crippen LogP contribution in [-0.2, 0) is 11.2 Å². The van der Waals surface area contributed by atoms with Gasteiger partial charge in [0.25, 0.3) is 0 Å². The molecule has 6 rings (SSSR count). The fraction of sp³-hybridized carbons (Fsp3) is 0.261. The van der Waals surface area contributed by atoms with E-state index in [1.165, 1.54) is 17.3 Å². The lowest BCUT2D eigenvalue weighted by Crippen LogP contribution is -2.36. The van der Waals surface area contributed by atoms with E-state index in [0.29, 0.717) is 16.7 Å². The highest BCUT2D eigenvalue weighted by Crippen LogP contribution is 2.38. The third-order valence-corrected chi connectivity index (χ3v) is 6.77. The van der Waals surface area contributed by atoms with Gasteiger partial charge in [-0.3, -0.25) is 9.20 Å². The van der Waals surface area contributed by atoms with E-state index in [1.54, 1.807) is 0 Å². The summed E-state index contributed by atoms with van der Waals surface area (Å²) < 4.78 is 13.1. The fourth-order valence-electron chi connectivity index (χ4n) is 4.39. The number of hydrogen-bond donors (Lipinski definition) is 0. The van der Waals surface area contributed by atoms with E-state index in [-0.39, 0.29) is 12.7 Å². The summed E-state index contributed by atoms with van der Waals surface area (Å²) in [6.07, 6.45) is 2.00. The highest BCUT2D eigenvalue weighted by atomic mass is 32.2. The highest BCUT2D eigenvalue weighted by Gasteiger charge is 2.24. The Hall–Kier alpha value is -3.26. The van der Waals surface area contributed by atoms with Crippen LogP contribution in [0.3, 0.4) is 0 Å². The first-order valence-corrected chi connectivity index (χ1v) is 11.3. The maximum Gasteiger partial charge on any atom is 0.237 e. The number of rotatable bonds is 3. The van der Waals surface area contributed by atoms with Crippen molar-refractivity contribution in [3.05, 3.63) is 53.6 Å². The lowest BCUT2D eigenvalue weighted by atomic mass is 10.0. The van der Waals surface area contributed by atoms with Crippen LogP contribution in [0.4, 0.5) is 5.69 Å². The van der Waals surface area contributed by atoms with E-state index >= 15 is 0 Å². The molecule has 4 aromatic rings. The van der Waals surface area contributed by atoms with Gasteiger partial charge < -0.3 is 14.4 Å². The van der Waals surface area contributed by atoms with Crippen LogP contribution in [0.15, 0.2) is 47.6 Å². The number of hydrogen-bond acceptors (Lipinski definition) is 6. The van der Waals surface area contributed by atoms with Gasteiger partial charge in [0.05, 0.1) is 11.3 Å². The molecule has 0 fully saturated rings. The van der Waals surface area contributed by atoms with Crippen LogP contribution in [-0.4, -0.2) is 39.6 Å². The molecule has 0 radical (unpaired) electrons. The third-order valence-electron chi connectivity index (χ3n) is 5.86. The SMILES string of the molecule is Cc1cc2cc3c(cc2n2c(SCC(=O)N4CCCc5ccccc54)nnc12)OCO3. The predicted octanol–water partition coefficient (Wildman–Crippen LogP) is 3.99. The Morgan fingerprint density at radius 2 is 1.97 bits per heavy atom. The van der Waals surface area contributed by atoms with Crippen molar-refractivity contribution in [2.45, 2.75) is 24.9 Å². The van der Waals surface area contributed by atoms with Crippen LogP contribution in [0.2, 0.25) is 0 Å². The zero-order valence-electron chi connectivity index (χ0n) is 17.0. The van der Waals surface area contributed by atoms with Crippen LogP contribution >= 0.6 is 11.8 Å². The highest BCUT2D eigenvalue weighted by molar-refractivity contribution is 7.99. The van der Waals surface area contributed by atoms with Crippen LogP contribution < -0.4 is 14.4 Å². The number of carbonyl (C=O) groups is 1. The van der Waals surface area contributed by atoms with E-state index < -0.39 is 0 Å². The molecule has 4 heterocycles. The summed E-state index contributed by atoms with van der Waals surface area (Å²) in [6, 6.07) is 14.2. The molecule has 1 amide bonds. The lowest BCUT2D eigenvalue weighted by molar-refractivity contribution is -0.116. The smallest absolute Gasteiger partial charge is 0.237 e. The van der Waals surface area contributed by atoms with Gasteiger partial charge in [-0.1, -0.05) is 30.0 Å². The molecule has 7 nitrogen and oxygen atoms in total. The molecule has 2 aliphatic rings. The molecule has 8 heteroatoms. The first kappa shape index (κ1) is 18.5. The normalized spacial score (nSPS) is 14.9. The van der Waals surface area contributed by atoms with Gasteiger partial charge in [-0.25, -0.2) is 0 Å². The number of para-hydroxylation sites is 1. The van der Waals surface area contributed by atoms with Gasteiger partial charge in [-0.05, 0) is 49.1 Å². The summed E-state index contributed by atoms with van der Waals surface area (Å²) in [6.45, 7) is 2.99. The number of aryl methyl sites for hydroxylation is 2. The van der Waals surface area contributed by atoms with E-state index in [1.807, 2.05) is 46.6 Å². The molecule has 156 valence electrons. The Morgan fingerprint density at radius 3 is 2.87 bits per heavy atom. The standard InChI is InChI=1S/C23H20N4O3S/c1-14-9-16-10-19-20(30-13-29-19)11-18(16)27-22(14)24-25-23(27)31-12-21(28)26-8-4-6-15-5-2-3-7-17(15)26/h2-3,5,7,9-11H,4,6,8,12-13H2,1H3. The van der Waals surface area contributed by atoms with Crippen LogP contribution in [0, 0.1) is 6.92 Å². The minimum atomic E-state index is 0.0866. The van der Waals surface area contributed by atoms with Crippen molar-refractivity contribution in [3.63, 3.8) is 0 Å². The molecule has 0 unspecified atom stereocenters. The van der Waals surface area contributed by atoms with Gasteiger partial charge in [-0.15, -0.1) is 10.2 Å². The maximum absolute atomic E-state index is 13.1. The Balaban J connectivity index is 1.34. The average molecular weight is 433 g/mol. The van der Waals surface area contributed by atoms with Crippen molar-refractivity contribution < 1.29 is 14.3 Å². The number of anilines is 1. The minimum Gasteiger partial charge on any atom is -0.454 e. The summed E-state index contributed by atoms with van der Waals surface area (Å²) >= 11 is 1.42. The maximum atomic E-state index is 13.1. The molecule has 0 aliphatic carbocycles. The molecule has 0 saturated carbocycles. The molecule has 0 atom stereocenters. The Labute approximate surface area is 183 Å². The zero-order valence-corrected chi connectivity index (χ0v) is 17.8. The van der Waals surface area contributed by atoms with Gasteiger partial charge in [0.15, 0.2) is 22.3 Å². The largest absolute Gasteiger partial charge is 0.454 e. The second-order valence-electron chi connectivity index (χ2n) is 7.80. The second kappa shape index (κ2) is 7.16. The first-order valence-electron chi connectivity index (χ1n) is 10.3. The number of benzene rings is 2. The quantitative estimate of drug-likeness (QED) is 0.456. The van der Waals surface area contributed by atoms with Crippen LogP contribution in [0.1, 0.15) is 17.5 Å². The van der Waals surface area contributed by atoms with E-state index in [2.05, 4.69) is 22.3 Å². The van der Waals surface area contributed by atoms with Gasteiger partial charge in [0.1, 0.15) is 0 Å². The summed E-state index contributed by atoms with van der Waals surface area (Å²) in [5, 5.41) is 10.5. The Kier molecular flexibility index (Phi) is 4.27. The van der Waals surface area contributed by atoms with Crippen LogP contribution in [0.25, 0.3) is 16.6 Å². The summed E-state index contributed by atoms with van der Waals surface area (Å²) in [4.78, 5) is 15.0. The zero-order chi connectivity index (χ0) is 20.9. The Bertz CT molecular complexity index is 1350. The molecule has 2 aliphatic heterocycles. The number of fused-ring (bicyclic) bond motifs is 5. The summed E-state index contributed by atoms with van der Waals surface area (Å²) in [5.41, 5.74) is 5.00. The Morgan fingerprint density at radius 1 is 1.13 bits per heavy atom. The summed E-state index contributed by atoms with van der Waals surface area (Å²) in [7, 11) is 0. The van der Waals surface area contributed by atoms with Crippen molar-refractivity contribution in [1.29, 1.82) is 0 Å². The number of carbonyl (C=O) groups excluding carboxylic acids is 1. The molecule has 2 aromatic carbocycles. The van der Waals surface area contributed by atoms with Crippen LogP contribution in [0.5, 0.6) is 11.5 Å². The van der Waals surface area contributed by atoms with Crippen molar-refractivity contribution >= 4 is 39.9 Å². The molecule has 0 bridgehead atoms. The van der Waals surface area contributed by atoms with E-state index in [0.717, 1.165) is 52.9 Å². The number of ether oxygens (including phenoxy) is 2. The van der Waals surface area contributed by atoms with Crippen molar-refractivity contribution in [1.82, 2.24) is 14.6 Å². The summed E-state index contributed by atoms with van der Waals surface area (Å²) in [5.74, 6) is 1.84. The molecule has 31 heavy (non-hydrogen) atoms. The van der Waals surface area contributed by atoms with Gasteiger partial charge in [0.2, 0.25) is 12.7 Å². The number of thioether (sulfide) groups is 1. The monoisotopic (exact) mass is 432 g/mol. The average Bonchev–Trinajstić information content (AvgIpc) is 3.43. The third kappa shape index (κ3) is 3.01. The molecular weight excluding hydrogens is 412 g/mol. The number of nitrogens with zero attached hydrogens (tertiary/aromatic N) is 4. The predicted molar refractivity (Wildman–Crippen MR) is 119 cm³/mol. The van der Waals surface area contributed by atoms with E-state index in [4.69, 9.17) is 9.47 Å². The molecular formula is C23H20N4O3S. The number of amides is 1. The molecule has 2 aromatic heterocycles. The number of pyridine rings is 1. The molecule has 0 N–H and O–H groups in total. The molecule has 0 spiro atoms. The fourth-order valence-corrected chi connectivity index (χ4v) is 5.21. The number of aromatic nitrogens is 3. The van der Waals surface area contributed by atoms with Crippen molar-refractivity contribution in [3.8, 4) is 11.5 Å². The minimum absolute atomic E-state index is 0.0866. The van der Waals surface area contributed by atoms with Gasteiger partial charge in [0, 0.05) is 23.7 Å². The van der Waals surface area contributed by atoms with E-state index in [9.17, 15) is 4.79 Å². The van der Waals surface area contributed by atoms with Gasteiger partial charge >= 0.3 is 0 Å². The van der Waals surface area contributed by atoms with Gasteiger partial charge in [-0.2, -0.15) is 0 Å². The topological polar surface area (TPSA) is 69.0 Å². The molecule has 0 saturated heterocycles. The lowest BCUT2D eigenvalue weighted by Gasteiger charge is -2.29.